The summed E-state index contributed by atoms with van der Waals surface area (Å²) in [5.74, 6) is -0.731. The van der Waals surface area contributed by atoms with Crippen molar-refractivity contribution in [3.8, 4) is 0 Å². The summed E-state index contributed by atoms with van der Waals surface area (Å²) in [7, 11) is 0. The fraction of sp³-hybridized carbons (Fsp3) is 0.364. The number of esters is 1. The Hall–Kier alpha value is -2.69. The minimum absolute atomic E-state index is 0.121. The first-order chi connectivity index (χ1) is 12.9. The predicted octanol–water partition coefficient (Wildman–Crippen LogP) is 4.08. The summed E-state index contributed by atoms with van der Waals surface area (Å²) in [6.45, 7) is 6.76. The summed E-state index contributed by atoms with van der Waals surface area (Å²) in [6, 6.07) is 11.8. The zero-order valence-electron chi connectivity index (χ0n) is 16.1. The molecule has 1 amide bonds. The molecule has 27 heavy (non-hydrogen) atoms. The Morgan fingerprint density at radius 3 is 2.33 bits per heavy atom. The highest BCUT2D eigenvalue weighted by Gasteiger charge is 2.18. The fourth-order valence-electron chi connectivity index (χ4n) is 2.75. The number of halogens is 1. The molecule has 0 saturated heterocycles. The minimum Gasteiger partial charge on any atom is -0.466 e. The third-order valence-electron chi connectivity index (χ3n) is 4.52. The van der Waals surface area contributed by atoms with Crippen LogP contribution in [-0.2, 0) is 16.0 Å². The van der Waals surface area contributed by atoms with E-state index in [1.54, 1.807) is 30.0 Å². The van der Waals surface area contributed by atoms with Crippen LogP contribution in [0.25, 0.3) is 0 Å². The second-order valence-corrected chi connectivity index (χ2v) is 6.52. The third-order valence-corrected chi connectivity index (χ3v) is 4.52. The van der Waals surface area contributed by atoms with Crippen LogP contribution in [-0.4, -0.2) is 36.5 Å². The van der Waals surface area contributed by atoms with Gasteiger partial charge in [-0.2, -0.15) is 0 Å². The smallest absolute Gasteiger partial charge is 0.307 e. The molecule has 0 saturated carbocycles. The number of carbonyl (C=O) groups excluding carboxylic acids is 2. The van der Waals surface area contributed by atoms with Gasteiger partial charge in [-0.25, -0.2) is 4.39 Å². The number of hydrogen-bond acceptors (Lipinski definition) is 3. The molecule has 0 aliphatic heterocycles. The number of aryl methyl sites for hydroxylation is 2. The van der Waals surface area contributed by atoms with Gasteiger partial charge >= 0.3 is 5.97 Å². The van der Waals surface area contributed by atoms with Gasteiger partial charge in [-0.15, -0.1) is 0 Å². The Morgan fingerprint density at radius 1 is 1.00 bits per heavy atom. The van der Waals surface area contributed by atoms with Crippen molar-refractivity contribution in [1.82, 2.24) is 4.90 Å². The summed E-state index contributed by atoms with van der Waals surface area (Å²) in [5.41, 5.74) is 3.70. The Kier molecular flexibility index (Phi) is 7.53. The van der Waals surface area contributed by atoms with Crippen molar-refractivity contribution >= 4 is 11.9 Å². The van der Waals surface area contributed by atoms with Gasteiger partial charge in [0.05, 0.1) is 13.0 Å². The van der Waals surface area contributed by atoms with E-state index in [0.29, 0.717) is 25.1 Å². The SMILES string of the molecule is CCOC(=O)CCN(CCc1ccc(F)cc1)C(=O)c1ccc(C)c(C)c1. The molecule has 0 atom stereocenters. The highest BCUT2D eigenvalue weighted by Crippen LogP contribution is 2.14. The molecule has 4 nitrogen and oxygen atoms in total. The first-order valence-corrected chi connectivity index (χ1v) is 9.17. The zero-order valence-corrected chi connectivity index (χ0v) is 16.1. The maximum atomic E-state index is 13.1. The Bertz CT molecular complexity index is 787. The van der Waals surface area contributed by atoms with Crippen molar-refractivity contribution in [3.05, 3.63) is 70.5 Å². The van der Waals surface area contributed by atoms with E-state index >= 15 is 0 Å². The van der Waals surface area contributed by atoms with E-state index in [1.165, 1.54) is 12.1 Å². The van der Waals surface area contributed by atoms with E-state index in [2.05, 4.69) is 0 Å². The Balaban J connectivity index is 2.11. The van der Waals surface area contributed by atoms with Gasteiger partial charge in [-0.3, -0.25) is 9.59 Å². The molecule has 0 fully saturated rings. The van der Waals surface area contributed by atoms with Gasteiger partial charge in [0, 0.05) is 18.7 Å². The summed E-state index contributed by atoms with van der Waals surface area (Å²) in [5, 5.41) is 0. The molecule has 144 valence electrons. The number of carbonyl (C=O) groups is 2. The molecule has 0 N–H and O–H groups in total. The van der Waals surface area contributed by atoms with E-state index in [9.17, 15) is 14.0 Å². The quantitative estimate of drug-likeness (QED) is 0.657. The summed E-state index contributed by atoms with van der Waals surface area (Å²) < 4.78 is 18.0. The van der Waals surface area contributed by atoms with Crippen molar-refractivity contribution in [2.45, 2.75) is 33.6 Å². The van der Waals surface area contributed by atoms with Gasteiger partial charge in [0.1, 0.15) is 5.82 Å². The number of benzene rings is 2. The van der Waals surface area contributed by atoms with Gasteiger partial charge in [0.2, 0.25) is 0 Å². The lowest BCUT2D eigenvalue weighted by Gasteiger charge is -2.23. The molecule has 5 heteroatoms. The number of rotatable bonds is 8. The van der Waals surface area contributed by atoms with E-state index in [-0.39, 0.29) is 30.7 Å². The van der Waals surface area contributed by atoms with Gasteiger partial charge in [-0.05, 0) is 68.1 Å². The molecule has 0 aromatic heterocycles. The second kappa shape index (κ2) is 9.86. The maximum Gasteiger partial charge on any atom is 0.307 e. The van der Waals surface area contributed by atoms with Gasteiger partial charge in [0.25, 0.3) is 5.91 Å². The normalized spacial score (nSPS) is 10.5. The number of ether oxygens (including phenoxy) is 1. The average Bonchev–Trinajstić information content (AvgIpc) is 2.65. The molecule has 0 radical (unpaired) electrons. The van der Waals surface area contributed by atoms with Crippen molar-refractivity contribution in [1.29, 1.82) is 0 Å². The van der Waals surface area contributed by atoms with Crippen LogP contribution in [0, 0.1) is 19.7 Å². The molecule has 0 unspecified atom stereocenters. The highest BCUT2D eigenvalue weighted by molar-refractivity contribution is 5.94. The standard InChI is InChI=1S/C22H26FNO3/c1-4-27-21(25)12-14-24(13-11-18-6-9-20(23)10-7-18)22(26)19-8-5-16(2)17(3)15-19/h5-10,15H,4,11-14H2,1-3H3. The average molecular weight is 371 g/mol. The van der Waals surface area contributed by atoms with E-state index in [1.807, 2.05) is 26.0 Å². The van der Waals surface area contributed by atoms with Gasteiger partial charge in [-0.1, -0.05) is 18.2 Å². The fourth-order valence-corrected chi connectivity index (χ4v) is 2.75. The molecule has 0 bridgehead atoms. The van der Waals surface area contributed by atoms with Crippen LogP contribution in [0.1, 0.15) is 40.4 Å². The maximum absolute atomic E-state index is 13.1. The van der Waals surface area contributed by atoms with Crippen LogP contribution >= 0.6 is 0 Å². The zero-order chi connectivity index (χ0) is 19.8. The first-order valence-electron chi connectivity index (χ1n) is 9.17. The topological polar surface area (TPSA) is 46.6 Å². The first kappa shape index (κ1) is 20.6. The monoisotopic (exact) mass is 371 g/mol. The van der Waals surface area contributed by atoms with Crippen LogP contribution in [0.15, 0.2) is 42.5 Å². The van der Waals surface area contributed by atoms with E-state index in [4.69, 9.17) is 4.74 Å². The molecule has 0 heterocycles. The number of amides is 1. The van der Waals surface area contributed by atoms with Crippen LogP contribution in [0.3, 0.4) is 0 Å². The van der Waals surface area contributed by atoms with Crippen LogP contribution in [0.5, 0.6) is 0 Å². The lowest BCUT2D eigenvalue weighted by molar-refractivity contribution is -0.143. The minimum atomic E-state index is -0.322. The summed E-state index contributed by atoms with van der Waals surface area (Å²) in [4.78, 5) is 26.3. The largest absolute Gasteiger partial charge is 0.466 e. The van der Waals surface area contributed by atoms with Crippen LogP contribution in [0.2, 0.25) is 0 Å². The van der Waals surface area contributed by atoms with Crippen LogP contribution < -0.4 is 0 Å². The van der Waals surface area contributed by atoms with Gasteiger partial charge in [0.15, 0.2) is 0 Å². The summed E-state index contributed by atoms with van der Waals surface area (Å²) in [6.07, 6.45) is 0.730. The molecule has 2 aromatic rings. The molecule has 0 spiro atoms. The number of nitrogens with zero attached hydrogens (tertiary/aromatic N) is 1. The van der Waals surface area contributed by atoms with E-state index in [0.717, 1.165) is 16.7 Å². The predicted molar refractivity (Wildman–Crippen MR) is 103 cm³/mol. The summed E-state index contributed by atoms with van der Waals surface area (Å²) >= 11 is 0. The Labute approximate surface area is 159 Å². The van der Waals surface area contributed by atoms with Gasteiger partial charge < -0.3 is 9.64 Å². The van der Waals surface area contributed by atoms with Crippen LogP contribution in [0.4, 0.5) is 4.39 Å². The van der Waals surface area contributed by atoms with Crippen molar-refractivity contribution < 1.29 is 18.7 Å². The molecular weight excluding hydrogens is 345 g/mol. The third kappa shape index (κ3) is 6.20. The number of hydrogen-bond donors (Lipinski definition) is 0. The lowest BCUT2D eigenvalue weighted by atomic mass is 10.0. The molecule has 0 aliphatic carbocycles. The van der Waals surface area contributed by atoms with E-state index < -0.39 is 0 Å². The van der Waals surface area contributed by atoms with Crippen molar-refractivity contribution in [2.75, 3.05) is 19.7 Å². The molecule has 0 aliphatic rings. The highest BCUT2D eigenvalue weighted by atomic mass is 19.1. The molecule has 2 aromatic carbocycles. The lowest BCUT2D eigenvalue weighted by Crippen LogP contribution is -2.35. The molecular formula is C22H26FNO3. The second-order valence-electron chi connectivity index (χ2n) is 6.52. The molecule has 2 rings (SSSR count). The van der Waals surface area contributed by atoms with Crippen molar-refractivity contribution in [2.24, 2.45) is 0 Å². The Morgan fingerprint density at radius 2 is 1.70 bits per heavy atom. The van der Waals surface area contributed by atoms with Crippen molar-refractivity contribution in [3.63, 3.8) is 0 Å².